The molecule has 0 radical (unpaired) electrons. The molecule has 4 nitrogen and oxygen atoms in total. The van der Waals surface area contributed by atoms with Crippen LogP contribution in [0, 0.1) is 6.92 Å². The van der Waals surface area contributed by atoms with Gasteiger partial charge in [0.15, 0.2) is 0 Å². The Hall–Kier alpha value is -2.36. The summed E-state index contributed by atoms with van der Waals surface area (Å²) >= 11 is 0. The molecule has 4 heteroatoms. The van der Waals surface area contributed by atoms with Crippen molar-refractivity contribution in [2.75, 3.05) is 7.11 Å². The molecule has 0 saturated carbocycles. The highest BCUT2D eigenvalue weighted by molar-refractivity contribution is 5.96. The predicted molar refractivity (Wildman–Crippen MR) is 67.9 cm³/mol. The van der Waals surface area contributed by atoms with Gasteiger partial charge in [-0.05, 0) is 36.8 Å². The number of hydrogen-bond acceptors (Lipinski definition) is 3. The van der Waals surface area contributed by atoms with Gasteiger partial charge in [-0.3, -0.25) is 4.98 Å². The van der Waals surface area contributed by atoms with E-state index in [0.717, 1.165) is 11.1 Å². The number of aromatic carboxylic acids is 1. The highest BCUT2D eigenvalue weighted by atomic mass is 16.5. The molecule has 0 amide bonds. The fraction of sp³-hybridized carbons (Fsp3) is 0.143. The van der Waals surface area contributed by atoms with Gasteiger partial charge in [0.2, 0.25) is 0 Å². The lowest BCUT2D eigenvalue weighted by Crippen LogP contribution is -2.00. The molecule has 1 aromatic carbocycles. The van der Waals surface area contributed by atoms with Gasteiger partial charge < -0.3 is 9.84 Å². The Morgan fingerprint density at radius 2 is 2.06 bits per heavy atom. The summed E-state index contributed by atoms with van der Waals surface area (Å²) in [6.45, 7) is 1.91. The lowest BCUT2D eigenvalue weighted by Gasteiger charge is -2.09. The van der Waals surface area contributed by atoms with Crippen LogP contribution < -0.4 is 4.74 Å². The standard InChI is InChI=1S/C14H13NO3/c1-9-5-10(8-15-7-9)13-6-11(18-2)3-4-12(13)14(16)17/h3-8H,1-2H3,(H,16,17). The van der Waals surface area contributed by atoms with Crippen LogP contribution in [-0.2, 0) is 0 Å². The summed E-state index contributed by atoms with van der Waals surface area (Å²) in [4.78, 5) is 15.3. The second-order valence-electron chi connectivity index (χ2n) is 3.97. The number of aryl methyl sites for hydroxylation is 1. The monoisotopic (exact) mass is 243 g/mol. The van der Waals surface area contributed by atoms with Crippen molar-refractivity contribution in [3.8, 4) is 16.9 Å². The maximum absolute atomic E-state index is 11.2. The highest BCUT2D eigenvalue weighted by Crippen LogP contribution is 2.28. The van der Waals surface area contributed by atoms with Crippen molar-refractivity contribution >= 4 is 5.97 Å². The smallest absolute Gasteiger partial charge is 0.336 e. The zero-order valence-electron chi connectivity index (χ0n) is 10.2. The summed E-state index contributed by atoms with van der Waals surface area (Å²) in [7, 11) is 1.55. The normalized spacial score (nSPS) is 10.1. The van der Waals surface area contributed by atoms with Crippen LogP contribution in [0.1, 0.15) is 15.9 Å². The first kappa shape index (κ1) is 12.1. The van der Waals surface area contributed by atoms with E-state index in [9.17, 15) is 9.90 Å². The molecule has 2 aromatic rings. The first-order valence-electron chi connectivity index (χ1n) is 5.45. The predicted octanol–water partition coefficient (Wildman–Crippen LogP) is 2.76. The van der Waals surface area contributed by atoms with E-state index < -0.39 is 5.97 Å². The minimum atomic E-state index is -0.964. The minimum absolute atomic E-state index is 0.239. The van der Waals surface area contributed by atoms with Gasteiger partial charge in [-0.15, -0.1) is 0 Å². The Morgan fingerprint density at radius 3 is 2.67 bits per heavy atom. The molecule has 1 aromatic heterocycles. The van der Waals surface area contributed by atoms with E-state index in [-0.39, 0.29) is 5.56 Å². The summed E-state index contributed by atoms with van der Waals surface area (Å²) < 4.78 is 5.13. The van der Waals surface area contributed by atoms with Gasteiger partial charge in [0, 0.05) is 23.5 Å². The number of carboxylic acid groups (broad SMARTS) is 1. The number of nitrogens with zero attached hydrogens (tertiary/aromatic N) is 1. The molecule has 0 spiro atoms. The largest absolute Gasteiger partial charge is 0.497 e. The van der Waals surface area contributed by atoms with Crippen molar-refractivity contribution in [3.05, 3.63) is 47.8 Å². The molecule has 1 heterocycles. The summed E-state index contributed by atoms with van der Waals surface area (Å²) in [5.41, 5.74) is 2.60. The van der Waals surface area contributed by atoms with Crippen molar-refractivity contribution < 1.29 is 14.6 Å². The number of pyridine rings is 1. The van der Waals surface area contributed by atoms with Crippen molar-refractivity contribution in [2.45, 2.75) is 6.92 Å². The van der Waals surface area contributed by atoms with Crippen molar-refractivity contribution in [3.63, 3.8) is 0 Å². The van der Waals surface area contributed by atoms with E-state index in [2.05, 4.69) is 4.98 Å². The molecule has 0 aliphatic heterocycles. The Morgan fingerprint density at radius 1 is 1.28 bits per heavy atom. The third kappa shape index (κ3) is 2.32. The summed E-state index contributed by atoms with van der Waals surface area (Å²) in [6.07, 6.45) is 3.37. The number of rotatable bonds is 3. The second-order valence-corrected chi connectivity index (χ2v) is 3.97. The number of carbonyl (C=O) groups is 1. The fourth-order valence-corrected chi connectivity index (χ4v) is 1.78. The highest BCUT2D eigenvalue weighted by Gasteiger charge is 2.13. The SMILES string of the molecule is COc1ccc(C(=O)O)c(-c2cncc(C)c2)c1. The van der Waals surface area contributed by atoms with Gasteiger partial charge in [0.25, 0.3) is 0 Å². The van der Waals surface area contributed by atoms with Crippen LogP contribution in [-0.4, -0.2) is 23.2 Å². The molecule has 2 rings (SSSR count). The number of benzene rings is 1. The molecular weight excluding hydrogens is 230 g/mol. The topological polar surface area (TPSA) is 59.4 Å². The van der Waals surface area contributed by atoms with Gasteiger partial charge in [-0.1, -0.05) is 0 Å². The van der Waals surface area contributed by atoms with E-state index >= 15 is 0 Å². The fourth-order valence-electron chi connectivity index (χ4n) is 1.78. The second kappa shape index (κ2) is 4.87. The summed E-state index contributed by atoms with van der Waals surface area (Å²) in [5.74, 6) is -0.342. The van der Waals surface area contributed by atoms with E-state index in [1.807, 2.05) is 13.0 Å². The van der Waals surface area contributed by atoms with Crippen LogP contribution in [0.15, 0.2) is 36.7 Å². The zero-order chi connectivity index (χ0) is 13.1. The quantitative estimate of drug-likeness (QED) is 0.900. The zero-order valence-corrected chi connectivity index (χ0v) is 10.2. The third-order valence-electron chi connectivity index (χ3n) is 2.64. The lowest BCUT2D eigenvalue weighted by molar-refractivity contribution is 0.0697. The van der Waals surface area contributed by atoms with Gasteiger partial charge in [-0.25, -0.2) is 4.79 Å². The van der Waals surface area contributed by atoms with Crippen molar-refractivity contribution in [1.82, 2.24) is 4.98 Å². The maximum atomic E-state index is 11.2. The molecule has 0 unspecified atom stereocenters. The van der Waals surface area contributed by atoms with Crippen LogP contribution in [0.4, 0.5) is 0 Å². The molecular formula is C14H13NO3. The molecule has 0 saturated heterocycles. The Balaban J connectivity index is 2.63. The minimum Gasteiger partial charge on any atom is -0.497 e. The van der Waals surface area contributed by atoms with E-state index in [4.69, 9.17) is 4.74 Å². The Kier molecular flexibility index (Phi) is 3.28. The van der Waals surface area contributed by atoms with Crippen LogP contribution in [0.2, 0.25) is 0 Å². The number of carboxylic acids is 1. The Labute approximate surface area is 105 Å². The molecule has 0 fully saturated rings. The third-order valence-corrected chi connectivity index (χ3v) is 2.64. The number of hydrogen-bond donors (Lipinski definition) is 1. The molecule has 0 bridgehead atoms. The van der Waals surface area contributed by atoms with E-state index in [1.54, 1.807) is 37.7 Å². The molecule has 0 aliphatic rings. The van der Waals surface area contributed by atoms with E-state index in [1.165, 1.54) is 0 Å². The number of aromatic nitrogens is 1. The number of ether oxygens (including phenoxy) is 1. The average Bonchev–Trinajstić information content (AvgIpc) is 2.38. The average molecular weight is 243 g/mol. The molecule has 18 heavy (non-hydrogen) atoms. The van der Waals surface area contributed by atoms with Gasteiger partial charge in [0.05, 0.1) is 12.7 Å². The van der Waals surface area contributed by atoms with Crippen LogP contribution in [0.25, 0.3) is 11.1 Å². The van der Waals surface area contributed by atoms with Crippen molar-refractivity contribution in [1.29, 1.82) is 0 Å². The first-order chi connectivity index (χ1) is 8.61. The molecule has 92 valence electrons. The van der Waals surface area contributed by atoms with Gasteiger partial charge >= 0.3 is 5.97 Å². The first-order valence-corrected chi connectivity index (χ1v) is 5.45. The van der Waals surface area contributed by atoms with Crippen LogP contribution in [0.5, 0.6) is 5.75 Å². The van der Waals surface area contributed by atoms with Crippen molar-refractivity contribution in [2.24, 2.45) is 0 Å². The summed E-state index contributed by atoms with van der Waals surface area (Å²) in [6, 6.07) is 6.78. The maximum Gasteiger partial charge on any atom is 0.336 e. The summed E-state index contributed by atoms with van der Waals surface area (Å²) in [5, 5.41) is 9.20. The van der Waals surface area contributed by atoms with Crippen LogP contribution >= 0.6 is 0 Å². The lowest BCUT2D eigenvalue weighted by atomic mass is 10.00. The van der Waals surface area contributed by atoms with E-state index in [0.29, 0.717) is 11.3 Å². The molecule has 0 aliphatic carbocycles. The van der Waals surface area contributed by atoms with Crippen LogP contribution in [0.3, 0.4) is 0 Å². The molecule has 0 atom stereocenters. The molecule has 1 N–H and O–H groups in total. The van der Waals surface area contributed by atoms with Gasteiger partial charge in [0.1, 0.15) is 5.75 Å². The van der Waals surface area contributed by atoms with Gasteiger partial charge in [-0.2, -0.15) is 0 Å². The Bertz CT molecular complexity index is 593. The number of methoxy groups -OCH3 is 1.